The number of nitrogens with zero attached hydrogens (tertiary/aromatic N) is 2. The Balaban J connectivity index is 1.53. The number of hydrogen-bond acceptors (Lipinski definition) is 3. The summed E-state index contributed by atoms with van der Waals surface area (Å²) in [4.78, 5) is 19.0. The van der Waals surface area contributed by atoms with Crippen LogP contribution in [0, 0.1) is 0 Å². The zero-order valence-electron chi connectivity index (χ0n) is 16.5. The number of ether oxygens (including phenoxy) is 1. The minimum atomic E-state index is 0.0607. The van der Waals surface area contributed by atoms with E-state index in [0.29, 0.717) is 37.2 Å². The summed E-state index contributed by atoms with van der Waals surface area (Å²) in [6.45, 7) is 5.80. The lowest BCUT2D eigenvalue weighted by Gasteiger charge is -2.35. The molecule has 1 aliphatic carbocycles. The van der Waals surface area contributed by atoms with Crippen molar-refractivity contribution >= 4 is 11.9 Å². The molecule has 2 fully saturated rings. The molecule has 148 valence electrons. The highest BCUT2D eigenvalue weighted by Gasteiger charge is 2.26. The second kappa shape index (κ2) is 9.22. The molecule has 3 rings (SSSR count). The smallest absolute Gasteiger partial charge is 0.254 e. The first-order chi connectivity index (χ1) is 13.0. The average Bonchev–Trinajstić information content (AvgIpc) is 2.66. The summed E-state index contributed by atoms with van der Waals surface area (Å²) in [6, 6.07) is 8.13. The van der Waals surface area contributed by atoms with Crippen LogP contribution in [0.1, 0.15) is 61.9 Å². The Hall–Kier alpha value is -2.08. The largest absolute Gasteiger partial charge is 0.372 e. The lowest BCUT2D eigenvalue weighted by atomic mass is 9.96. The second-order valence-electron chi connectivity index (χ2n) is 7.85. The van der Waals surface area contributed by atoms with E-state index in [-0.39, 0.29) is 18.1 Å². The van der Waals surface area contributed by atoms with Gasteiger partial charge in [-0.15, -0.1) is 0 Å². The minimum absolute atomic E-state index is 0.0607. The van der Waals surface area contributed by atoms with Crippen LogP contribution >= 0.6 is 0 Å². The average molecular weight is 373 g/mol. The van der Waals surface area contributed by atoms with Crippen molar-refractivity contribution in [3.05, 3.63) is 35.4 Å². The summed E-state index contributed by atoms with van der Waals surface area (Å²) in [5, 5.41) is 3.33. The maximum Gasteiger partial charge on any atom is 0.254 e. The van der Waals surface area contributed by atoms with Crippen molar-refractivity contribution in [3.8, 4) is 0 Å². The number of hydrogen-bond donors (Lipinski definition) is 2. The number of benzene rings is 1. The fraction of sp³-hybridized carbons (Fsp3) is 0.619. The van der Waals surface area contributed by atoms with E-state index in [1.807, 2.05) is 43.0 Å². The molecular weight excluding hydrogens is 340 g/mol. The molecule has 6 heteroatoms. The van der Waals surface area contributed by atoms with Crippen molar-refractivity contribution in [2.45, 2.75) is 70.7 Å². The summed E-state index contributed by atoms with van der Waals surface area (Å²) in [7, 11) is 0. The van der Waals surface area contributed by atoms with Crippen LogP contribution in [0.4, 0.5) is 0 Å². The number of guanidine groups is 1. The fourth-order valence-electron chi connectivity index (χ4n) is 3.96. The van der Waals surface area contributed by atoms with Crippen LogP contribution in [-0.4, -0.2) is 48.1 Å². The van der Waals surface area contributed by atoms with Crippen molar-refractivity contribution in [1.29, 1.82) is 0 Å². The number of carbonyl (C=O) groups excluding carboxylic acids is 1. The Morgan fingerprint density at radius 1 is 1.15 bits per heavy atom. The molecular formula is C21H32N4O2. The third kappa shape index (κ3) is 5.70. The van der Waals surface area contributed by atoms with Gasteiger partial charge in [-0.05, 0) is 44.4 Å². The molecule has 2 unspecified atom stereocenters. The van der Waals surface area contributed by atoms with Gasteiger partial charge in [-0.25, -0.2) is 4.99 Å². The van der Waals surface area contributed by atoms with Gasteiger partial charge in [-0.3, -0.25) is 4.79 Å². The van der Waals surface area contributed by atoms with Crippen LogP contribution in [0.2, 0.25) is 0 Å². The van der Waals surface area contributed by atoms with Crippen molar-refractivity contribution in [2.75, 3.05) is 13.1 Å². The van der Waals surface area contributed by atoms with Gasteiger partial charge in [-0.2, -0.15) is 0 Å². The molecule has 1 saturated carbocycles. The number of carbonyl (C=O) groups is 1. The second-order valence-corrected chi connectivity index (χ2v) is 7.85. The van der Waals surface area contributed by atoms with Crippen LogP contribution in [0.3, 0.4) is 0 Å². The molecule has 1 amide bonds. The Morgan fingerprint density at radius 3 is 2.41 bits per heavy atom. The Labute approximate surface area is 162 Å². The molecule has 2 aliphatic rings. The van der Waals surface area contributed by atoms with E-state index in [4.69, 9.17) is 10.5 Å². The Bertz CT molecular complexity index is 643. The molecule has 0 aromatic heterocycles. The number of nitrogens with one attached hydrogen (secondary N) is 1. The molecule has 3 N–H and O–H groups in total. The Morgan fingerprint density at radius 2 is 1.78 bits per heavy atom. The van der Waals surface area contributed by atoms with E-state index < -0.39 is 0 Å². The van der Waals surface area contributed by atoms with E-state index in [1.54, 1.807) is 0 Å². The monoisotopic (exact) mass is 372 g/mol. The normalized spacial score (nSPS) is 24.7. The molecule has 2 atom stereocenters. The highest BCUT2D eigenvalue weighted by Crippen LogP contribution is 2.17. The van der Waals surface area contributed by atoms with Gasteiger partial charge in [0.15, 0.2) is 5.96 Å². The van der Waals surface area contributed by atoms with Gasteiger partial charge in [0, 0.05) is 24.7 Å². The Kier molecular flexibility index (Phi) is 6.72. The molecule has 0 spiro atoms. The minimum Gasteiger partial charge on any atom is -0.372 e. The van der Waals surface area contributed by atoms with Gasteiger partial charge in [0.05, 0.1) is 18.8 Å². The topological polar surface area (TPSA) is 80.0 Å². The molecule has 0 bridgehead atoms. The van der Waals surface area contributed by atoms with Crippen molar-refractivity contribution in [2.24, 2.45) is 10.7 Å². The van der Waals surface area contributed by atoms with Crippen LogP contribution in [0.5, 0.6) is 0 Å². The molecule has 1 heterocycles. The zero-order chi connectivity index (χ0) is 19.2. The third-order valence-corrected chi connectivity index (χ3v) is 5.30. The summed E-state index contributed by atoms with van der Waals surface area (Å²) in [5.74, 6) is 0.573. The van der Waals surface area contributed by atoms with E-state index in [2.05, 4.69) is 10.3 Å². The first-order valence-corrected chi connectivity index (χ1v) is 10.1. The van der Waals surface area contributed by atoms with E-state index in [1.165, 1.54) is 32.1 Å². The van der Waals surface area contributed by atoms with Crippen LogP contribution in [0.15, 0.2) is 29.3 Å². The van der Waals surface area contributed by atoms with Crippen LogP contribution in [-0.2, 0) is 11.3 Å². The van der Waals surface area contributed by atoms with Crippen molar-refractivity contribution < 1.29 is 9.53 Å². The number of aliphatic imine (C=N–C) groups is 1. The molecule has 27 heavy (non-hydrogen) atoms. The maximum atomic E-state index is 12.7. The SMILES string of the molecule is CC1CN(C(=O)c2ccc(CN=C(N)NC3CCCCC3)cc2)CC(C)O1. The highest BCUT2D eigenvalue weighted by atomic mass is 16.5. The summed E-state index contributed by atoms with van der Waals surface area (Å²) < 4.78 is 5.70. The quantitative estimate of drug-likeness (QED) is 0.629. The summed E-state index contributed by atoms with van der Waals surface area (Å²) in [5.41, 5.74) is 7.77. The van der Waals surface area contributed by atoms with E-state index in [0.717, 1.165) is 5.56 Å². The van der Waals surface area contributed by atoms with Crippen LogP contribution in [0.25, 0.3) is 0 Å². The van der Waals surface area contributed by atoms with Gasteiger partial charge in [0.25, 0.3) is 5.91 Å². The number of morpholine rings is 1. The molecule has 1 aliphatic heterocycles. The van der Waals surface area contributed by atoms with E-state index in [9.17, 15) is 4.79 Å². The molecule has 1 saturated heterocycles. The predicted molar refractivity (Wildman–Crippen MR) is 108 cm³/mol. The molecule has 0 radical (unpaired) electrons. The van der Waals surface area contributed by atoms with Crippen molar-refractivity contribution in [3.63, 3.8) is 0 Å². The van der Waals surface area contributed by atoms with Gasteiger partial charge in [0.2, 0.25) is 0 Å². The highest BCUT2D eigenvalue weighted by molar-refractivity contribution is 5.94. The zero-order valence-corrected chi connectivity index (χ0v) is 16.5. The summed E-state index contributed by atoms with van der Waals surface area (Å²) >= 11 is 0. The maximum absolute atomic E-state index is 12.7. The third-order valence-electron chi connectivity index (χ3n) is 5.30. The lowest BCUT2D eigenvalue weighted by Crippen LogP contribution is -2.48. The lowest BCUT2D eigenvalue weighted by molar-refractivity contribution is -0.0586. The first kappa shape index (κ1) is 19.7. The first-order valence-electron chi connectivity index (χ1n) is 10.1. The van der Waals surface area contributed by atoms with Gasteiger partial charge in [0.1, 0.15) is 0 Å². The van der Waals surface area contributed by atoms with Gasteiger partial charge >= 0.3 is 0 Å². The van der Waals surface area contributed by atoms with Gasteiger partial charge in [-0.1, -0.05) is 31.4 Å². The van der Waals surface area contributed by atoms with Gasteiger partial charge < -0.3 is 20.7 Å². The van der Waals surface area contributed by atoms with E-state index >= 15 is 0 Å². The standard InChI is InChI=1S/C21H32N4O2/c1-15-13-25(14-16(2)27-15)20(26)18-10-8-17(9-11-18)12-23-21(22)24-19-6-4-3-5-7-19/h8-11,15-16,19H,3-7,12-14H2,1-2H3,(H3,22,23,24). The number of nitrogens with two attached hydrogens (primary N) is 1. The van der Waals surface area contributed by atoms with Crippen LogP contribution < -0.4 is 11.1 Å². The summed E-state index contributed by atoms with van der Waals surface area (Å²) in [6.07, 6.45) is 6.35. The fourth-order valence-corrected chi connectivity index (χ4v) is 3.96. The molecule has 1 aromatic carbocycles. The predicted octanol–water partition coefficient (Wildman–Crippen LogP) is 2.67. The molecule has 1 aromatic rings. The molecule has 6 nitrogen and oxygen atoms in total. The van der Waals surface area contributed by atoms with Crippen molar-refractivity contribution in [1.82, 2.24) is 10.2 Å². The number of rotatable bonds is 4. The number of amides is 1.